The lowest BCUT2D eigenvalue weighted by Gasteiger charge is -2.31. The summed E-state index contributed by atoms with van der Waals surface area (Å²) in [5.41, 5.74) is -0.687. The van der Waals surface area contributed by atoms with Gasteiger partial charge in [-0.25, -0.2) is 0 Å². The van der Waals surface area contributed by atoms with Crippen LogP contribution in [0.5, 0.6) is 5.75 Å². The molecular formula is C25H22N4O8. The van der Waals surface area contributed by atoms with E-state index in [-0.39, 0.29) is 6.04 Å². The molecule has 1 aliphatic heterocycles. The molecule has 0 bridgehead atoms. The fourth-order valence-corrected chi connectivity index (χ4v) is 3.50. The van der Waals surface area contributed by atoms with Crippen LogP contribution < -0.4 is 0 Å². The maximum Gasteiger partial charge on any atom is 0.324 e. The summed E-state index contributed by atoms with van der Waals surface area (Å²) in [6.07, 6.45) is 0. The normalized spacial score (nSPS) is 13.7. The summed E-state index contributed by atoms with van der Waals surface area (Å²) in [4.78, 5) is 30.2. The largest absolute Gasteiger partial charge is 0.497 e. The number of benzene rings is 3. The molecule has 190 valence electrons. The number of non-ortho nitro benzene ring substituents is 1. The molecule has 0 aromatic heterocycles. The molecule has 0 aliphatic carbocycles. The van der Waals surface area contributed by atoms with E-state index in [4.69, 9.17) is 9.84 Å². The highest BCUT2D eigenvalue weighted by Gasteiger charge is 2.30. The molecule has 0 radical (unpaired) electrons. The number of phenolic OH excluding ortho intramolecular Hbond substituents is 1. The van der Waals surface area contributed by atoms with Crippen molar-refractivity contribution < 1.29 is 24.6 Å². The van der Waals surface area contributed by atoms with Crippen LogP contribution in [0.4, 0.5) is 17.1 Å². The number of hydrogen-bond acceptors (Lipinski definition) is 9. The molecule has 0 saturated carbocycles. The zero-order valence-corrected chi connectivity index (χ0v) is 19.4. The quantitative estimate of drug-likeness (QED) is 0.303. The molecule has 1 aliphatic rings. The van der Waals surface area contributed by atoms with E-state index in [0.717, 1.165) is 31.9 Å². The van der Waals surface area contributed by atoms with Gasteiger partial charge in [0.05, 0.1) is 46.2 Å². The van der Waals surface area contributed by atoms with Crippen molar-refractivity contribution in [3.8, 4) is 17.6 Å². The average Bonchev–Trinajstić information content (AvgIpc) is 2.90. The summed E-state index contributed by atoms with van der Waals surface area (Å²) >= 11 is 0. The van der Waals surface area contributed by atoms with Gasteiger partial charge in [-0.2, -0.15) is 0 Å². The number of nitro benzene ring substituents is 3. The van der Waals surface area contributed by atoms with E-state index in [9.17, 15) is 30.3 Å². The van der Waals surface area contributed by atoms with Crippen molar-refractivity contribution in [3.63, 3.8) is 0 Å². The van der Waals surface area contributed by atoms with Gasteiger partial charge in [0.15, 0.2) is 0 Å². The number of ether oxygens (including phenoxy) is 1. The lowest BCUT2D eigenvalue weighted by atomic mass is 10.0. The lowest BCUT2D eigenvalue weighted by molar-refractivity contribution is -0.404. The van der Waals surface area contributed by atoms with Gasteiger partial charge in [-0.1, -0.05) is 60.4 Å². The van der Waals surface area contributed by atoms with Crippen molar-refractivity contribution in [3.05, 3.63) is 114 Å². The van der Waals surface area contributed by atoms with E-state index in [1.165, 1.54) is 5.56 Å². The van der Waals surface area contributed by atoms with Gasteiger partial charge in [-0.15, -0.1) is 0 Å². The second-order valence-electron chi connectivity index (χ2n) is 7.70. The van der Waals surface area contributed by atoms with E-state index in [1.54, 1.807) is 0 Å². The predicted octanol–water partition coefficient (Wildman–Crippen LogP) is 4.23. The maximum absolute atomic E-state index is 10.4. The third-order valence-electron chi connectivity index (χ3n) is 5.31. The van der Waals surface area contributed by atoms with Gasteiger partial charge in [0.1, 0.15) is 0 Å². The first-order valence-corrected chi connectivity index (χ1v) is 11.0. The van der Waals surface area contributed by atoms with E-state index in [2.05, 4.69) is 41.0 Å². The first kappa shape index (κ1) is 26.7. The Labute approximate surface area is 211 Å². The third kappa shape index (κ3) is 7.31. The van der Waals surface area contributed by atoms with Crippen molar-refractivity contribution in [1.82, 2.24) is 4.90 Å². The Morgan fingerprint density at radius 3 is 1.81 bits per heavy atom. The number of morpholine rings is 1. The zero-order chi connectivity index (χ0) is 26.8. The first-order chi connectivity index (χ1) is 17.8. The van der Waals surface area contributed by atoms with Gasteiger partial charge < -0.3 is 9.84 Å². The fourth-order valence-electron chi connectivity index (χ4n) is 3.50. The minimum absolute atomic E-state index is 0.135. The molecule has 12 nitrogen and oxygen atoms in total. The van der Waals surface area contributed by atoms with Crippen molar-refractivity contribution in [2.24, 2.45) is 0 Å². The molecule has 12 heteroatoms. The van der Waals surface area contributed by atoms with Crippen LogP contribution in [0.3, 0.4) is 0 Å². The van der Waals surface area contributed by atoms with Crippen LogP contribution in [0.1, 0.15) is 17.2 Å². The minimum atomic E-state index is -1.21. The minimum Gasteiger partial charge on any atom is -0.497 e. The molecule has 0 spiro atoms. The van der Waals surface area contributed by atoms with Gasteiger partial charge in [-0.05, 0) is 17.7 Å². The van der Waals surface area contributed by atoms with Crippen LogP contribution in [0.2, 0.25) is 0 Å². The molecule has 1 unspecified atom stereocenters. The Kier molecular flexibility index (Phi) is 9.20. The summed E-state index contributed by atoms with van der Waals surface area (Å²) < 4.78 is 5.46. The van der Waals surface area contributed by atoms with Crippen molar-refractivity contribution >= 4 is 17.1 Å². The Balaban J connectivity index is 0.000000214. The number of nitrogens with zero attached hydrogens (tertiary/aromatic N) is 4. The summed E-state index contributed by atoms with van der Waals surface area (Å²) in [6, 6.07) is 21.7. The van der Waals surface area contributed by atoms with Gasteiger partial charge >= 0.3 is 11.4 Å². The predicted molar refractivity (Wildman–Crippen MR) is 133 cm³/mol. The van der Waals surface area contributed by atoms with Crippen LogP contribution >= 0.6 is 0 Å². The highest BCUT2D eigenvalue weighted by atomic mass is 16.6. The molecule has 4 rings (SSSR count). The fraction of sp³-hybridized carbons (Fsp3) is 0.200. The van der Waals surface area contributed by atoms with Crippen molar-refractivity contribution in [2.75, 3.05) is 26.3 Å². The van der Waals surface area contributed by atoms with E-state index >= 15 is 0 Å². The molecule has 1 heterocycles. The highest BCUT2D eigenvalue weighted by Crippen LogP contribution is 2.39. The molecular weight excluding hydrogens is 484 g/mol. The van der Waals surface area contributed by atoms with Gasteiger partial charge in [-0.3, -0.25) is 35.2 Å². The molecule has 3 aromatic rings. The summed E-state index contributed by atoms with van der Waals surface area (Å²) in [7, 11) is 0. The summed E-state index contributed by atoms with van der Waals surface area (Å²) in [6.45, 7) is 3.44. The monoisotopic (exact) mass is 506 g/mol. The molecule has 0 amide bonds. The standard InChI is InChI=1S/C19H19NO.C6H3N3O7/c1-3-7-17(8-4-1)11-12-19(18-9-5-2-6-10-18)20-13-15-21-16-14-20;10-6-4(8(13)14)1-3(7(11)12)2-5(6)9(15)16/h1-10,19H,13-16H2;1-2,10H. The third-order valence-corrected chi connectivity index (χ3v) is 5.31. The van der Waals surface area contributed by atoms with E-state index < -0.39 is 37.6 Å². The zero-order valence-electron chi connectivity index (χ0n) is 19.4. The number of aromatic hydroxyl groups is 1. The second kappa shape index (κ2) is 12.7. The Bertz CT molecular complexity index is 1280. The summed E-state index contributed by atoms with van der Waals surface area (Å²) in [5.74, 6) is 5.54. The van der Waals surface area contributed by atoms with Crippen LogP contribution in [-0.2, 0) is 4.74 Å². The molecule has 1 atom stereocenters. The number of hydrogen-bond donors (Lipinski definition) is 1. The molecule has 3 aromatic carbocycles. The number of rotatable bonds is 5. The Hall–Kier alpha value is -4.86. The van der Waals surface area contributed by atoms with Gasteiger partial charge in [0.25, 0.3) is 11.4 Å². The van der Waals surface area contributed by atoms with Crippen LogP contribution in [-0.4, -0.2) is 51.1 Å². The van der Waals surface area contributed by atoms with Gasteiger partial charge in [0, 0.05) is 18.7 Å². The van der Waals surface area contributed by atoms with Crippen molar-refractivity contribution in [2.45, 2.75) is 6.04 Å². The van der Waals surface area contributed by atoms with Crippen LogP contribution in [0.15, 0.2) is 72.8 Å². The molecule has 1 saturated heterocycles. The SMILES string of the molecule is C(#CC(c1ccccc1)N1CCOCC1)c1ccccc1.O=[N+]([O-])c1cc([N+](=O)[O-])c(O)c([N+](=O)[O-])c1. The Morgan fingerprint density at radius 2 is 1.32 bits per heavy atom. The summed E-state index contributed by atoms with van der Waals surface area (Å²) in [5, 5.41) is 40.2. The molecule has 1 fully saturated rings. The van der Waals surface area contributed by atoms with Crippen LogP contribution in [0.25, 0.3) is 0 Å². The molecule has 1 N–H and O–H groups in total. The number of phenols is 1. The van der Waals surface area contributed by atoms with E-state index in [1.807, 2.05) is 36.4 Å². The highest BCUT2D eigenvalue weighted by molar-refractivity contribution is 5.64. The Morgan fingerprint density at radius 1 is 0.811 bits per heavy atom. The van der Waals surface area contributed by atoms with Crippen LogP contribution in [0, 0.1) is 42.2 Å². The topological polar surface area (TPSA) is 162 Å². The second-order valence-corrected chi connectivity index (χ2v) is 7.70. The number of nitro groups is 3. The first-order valence-electron chi connectivity index (χ1n) is 11.0. The lowest BCUT2D eigenvalue weighted by Crippen LogP contribution is -2.38. The average molecular weight is 506 g/mol. The maximum atomic E-state index is 10.4. The van der Waals surface area contributed by atoms with Gasteiger partial charge in [0.2, 0.25) is 0 Å². The van der Waals surface area contributed by atoms with E-state index in [0.29, 0.717) is 12.1 Å². The smallest absolute Gasteiger partial charge is 0.324 e. The van der Waals surface area contributed by atoms with Crippen molar-refractivity contribution in [1.29, 1.82) is 0 Å². The molecule has 37 heavy (non-hydrogen) atoms.